The number of halogens is 1. The zero-order valence-electron chi connectivity index (χ0n) is 25.1. The van der Waals surface area contributed by atoms with Gasteiger partial charge in [0.1, 0.15) is 28.7 Å². The number of nitrogens with zero attached hydrogens (tertiary/aromatic N) is 5. The first-order valence-electron chi connectivity index (χ1n) is 14.6. The second-order valence-electron chi connectivity index (χ2n) is 10.8. The summed E-state index contributed by atoms with van der Waals surface area (Å²) in [5, 5.41) is 20.5. The number of benzene rings is 3. The van der Waals surface area contributed by atoms with Crippen LogP contribution in [0.3, 0.4) is 0 Å². The van der Waals surface area contributed by atoms with E-state index in [0.717, 1.165) is 16.9 Å². The number of para-hydroxylation sites is 1. The molecule has 7 rings (SSSR count). The van der Waals surface area contributed by atoms with Crippen LogP contribution in [-0.4, -0.2) is 36.4 Å². The highest BCUT2D eigenvalue weighted by Crippen LogP contribution is 2.45. The van der Waals surface area contributed by atoms with Crippen molar-refractivity contribution >= 4 is 51.3 Å². The molecule has 234 valence electrons. The Morgan fingerprint density at radius 3 is 2.51 bits per heavy atom. The molecular formula is C35H26FN5O4S2. The first kappa shape index (κ1) is 30.3. The van der Waals surface area contributed by atoms with Crippen molar-refractivity contribution in [2.75, 3.05) is 4.90 Å². The van der Waals surface area contributed by atoms with Crippen molar-refractivity contribution in [3.05, 3.63) is 137 Å². The molecule has 0 spiro atoms. The van der Waals surface area contributed by atoms with Crippen LogP contribution >= 0.6 is 23.1 Å². The zero-order chi connectivity index (χ0) is 32.7. The molecule has 0 saturated carbocycles. The number of imidazole rings is 1. The van der Waals surface area contributed by atoms with Crippen molar-refractivity contribution in [1.29, 1.82) is 0 Å². The van der Waals surface area contributed by atoms with E-state index in [0.29, 0.717) is 44.1 Å². The third kappa shape index (κ3) is 5.66. The minimum absolute atomic E-state index is 0.133. The lowest BCUT2D eigenvalue weighted by atomic mass is 9.96. The summed E-state index contributed by atoms with van der Waals surface area (Å²) in [7, 11) is 0. The standard InChI is InChI=1S/C35H26FN5O4S2/c1-20-10-9-17-40-21(2)28(37-32(20)40)30(42)27-29(22-12-8-15-25(18-22)45-24-13-4-3-5-14-24)41(33(44)31(27)43)34-38-39-35(47-34)46-19-23-11-6-7-16-26(23)36/h3-18,29,42H,19H2,1-2H3/b30-27+. The van der Waals surface area contributed by atoms with Gasteiger partial charge in [0, 0.05) is 11.9 Å². The van der Waals surface area contributed by atoms with Crippen LogP contribution in [0, 0.1) is 19.7 Å². The highest BCUT2D eigenvalue weighted by molar-refractivity contribution is 8.00. The number of carbonyl (C=O) groups excluding carboxylic acids is 2. The van der Waals surface area contributed by atoms with Gasteiger partial charge in [-0.05, 0) is 66.9 Å². The first-order valence-corrected chi connectivity index (χ1v) is 16.4. The molecule has 0 bridgehead atoms. The smallest absolute Gasteiger partial charge is 0.301 e. The number of hydrogen-bond acceptors (Lipinski definition) is 9. The van der Waals surface area contributed by atoms with E-state index in [2.05, 4.69) is 15.2 Å². The van der Waals surface area contributed by atoms with E-state index in [-0.39, 0.29) is 22.2 Å². The van der Waals surface area contributed by atoms with Gasteiger partial charge in [0.25, 0.3) is 5.78 Å². The predicted molar refractivity (Wildman–Crippen MR) is 178 cm³/mol. The molecule has 1 saturated heterocycles. The summed E-state index contributed by atoms with van der Waals surface area (Å²) >= 11 is 2.37. The Labute approximate surface area is 277 Å². The normalized spacial score (nSPS) is 15.9. The van der Waals surface area contributed by atoms with E-state index in [1.54, 1.807) is 49.4 Å². The molecule has 12 heteroatoms. The van der Waals surface area contributed by atoms with Gasteiger partial charge < -0.3 is 14.2 Å². The van der Waals surface area contributed by atoms with Gasteiger partial charge in [-0.3, -0.25) is 14.5 Å². The van der Waals surface area contributed by atoms with Crippen LogP contribution in [0.15, 0.2) is 107 Å². The van der Waals surface area contributed by atoms with Gasteiger partial charge in [0.05, 0.1) is 17.3 Å². The van der Waals surface area contributed by atoms with Crippen LogP contribution in [0.1, 0.15) is 34.1 Å². The molecule has 1 unspecified atom stereocenters. The number of thioether (sulfide) groups is 1. The van der Waals surface area contributed by atoms with Gasteiger partial charge >= 0.3 is 5.91 Å². The number of fused-ring (bicyclic) bond motifs is 1. The molecule has 1 N–H and O–H groups in total. The van der Waals surface area contributed by atoms with Crippen molar-refractivity contribution < 1.29 is 23.8 Å². The third-order valence-electron chi connectivity index (χ3n) is 7.82. The average molecular weight is 664 g/mol. The molecule has 6 aromatic rings. The number of aliphatic hydroxyl groups is 1. The number of aliphatic hydroxyl groups excluding tert-OH is 1. The first-order chi connectivity index (χ1) is 22.8. The Morgan fingerprint density at radius 2 is 1.72 bits per heavy atom. The number of hydrogen-bond donors (Lipinski definition) is 1. The summed E-state index contributed by atoms with van der Waals surface area (Å²) in [4.78, 5) is 33.6. The third-order valence-corrected chi connectivity index (χ3v) is 9.92. The lowest BCUT2D eigenvalue weighted by Crippen LogP contribution is -2.29. The van der Waals surface area contributed by atoms with Crippen molar-refractivity contribution in [3.8, 4) is 11.5 Å². The van der Waals surface area contributed by atoms with E-state index < -0.39 is 23.5 Å². The Hall–Kier alpha value is -5.33. The van der Waals surface area contributed by atoms with Crippen molar-refractivity contribution in [2.45, 2.75) is 30.0 Å². The van der Waals surface area contributed by atoms with Crippen LogP contribution in [-0.2, 0) is 15.3 Å². The van der Waals surface area contributed by atoms with E-state index in [9.17, 15) is 19.1 Å². The number of amides is 1. The van der Waals surface area contributed by atoms with Gasteiger partial charge in [0.2, 0.25) is 5.13 Å². The molecule has 1 amide bonds. The van der Waals surface area contributed by atoms with E-state index in [1.165, 1.54) is 22.7 Å². The quantitative estimate of drug-likeness (QED) is 0.0582. The van der Waals surface area contributed by atoms with Gasteiger partial charge in [-0.2, -0.15) is 0 Å². The molecule has 9 nitrogen and oxygen atoms in total. The molecule has 4 heterocycles. The number of aryl methyl sites for hydroxylation is 2. The lowest BCUT2D eigenvalue weighted by Gasteiger charge is -2.23. The van der Waals surface area contributed by atoms with Gasteiger partial charge in [-0.1, -0.05) is 77.7 Å². The molecule has 3 aromatic heterocycles. The Morgan fingerprint density at radius 1 is 0.957 bits per heavy atom. The summed E-state index contributed by atoms with van der Waals surface area (Å²) < 4.78 is 22.6. The fourth-order valence-electron chi connectivity index (χ4n) is 5.51. The number of ketones is 1. The minimum Gasteiger partial charge on any atom is -0.505 e. The highest BCUT2D eigenvalue weighted by atomic mass is 32.2. The zero-order valence-corrected chi connectivity index (χ0v) is 26.8. The Kier molecular flexibility index (Phi) is 8.04. The predicted octanol–water partition coefficient (Wildman–Crippen LogP) is 7.65. The summed E-state index contributed by atoms with van der Waals surface area (Å²) in [5.74, 6) is -1.10. The number of carbonyl (C=O) groups is 2. The van der Waals surface area contributed by atoms with Crippen LogP contribution in [0.5, 0.6) is 11.5 Å². The van der Waals surface area contributed by atoms with E-state index in [4.69, 9.17) is 4.74 Å². The topological polar surface area (TPSA) is 110 Å². The second kappa shape index (κ2) is 12.5. The minimum atomic E-state index is -1.07. The van der Waals surface area contributed by atoms with E-state index in [1.807, 2.05) is 60.0 Å². The summed E-state index contributed by atoms with van der Waals surface area (Å²) in [5.41, 5.74) is 3.18. The number of anilines is 1. The number of rotatable bonds is 8. The van der Waals surface area contributed by atoms with E-state index >= 15 is 0 Å². The molecule has 0 aliphatic carbocycles. The Balaban J connectivity index is 1.33. The number of ether oxygens (including phenoxy) is 1. The molecule has 1 atom stereocenters. The van der Waals surface area contributed by atoms with Gasteiger partial charge in [-0.25, -0.2) is 9.37 Å². The monoisotopic (exact) mass is 663 g/mol. The fraction of sp³-hybridized carbons (Fsp3) is 0.114. The van der Waals surface area contributed by atoms with Crippen molar-refractivity contribution in [1.82, 2.24) is 19.6 Å². The molecule has 1 aliphatic heterocycles. The summed E-state index contributed by atoms with van der Waals surface area (Å²) in [6, 6.07) is 25.4. The Bertz CT molecular complexity index is 2200. The lowest BCUT2D eigenvalue weighted by molar-refractivity contribution is -0.132. The largest absolute Gasteiger partial charge is 0.505 e. The molecule has 3 aromatic carbocycles. The SMILES string of the molecule is Cc1cccn2c(C)c(/C(O)=C3\C(=O)C(=O)N(c4nnc(SCc5ccccc5F)s4)C3c3cccc(Oc4ccccc4)c3)nc12. The number of pyridine rings is 1. The van der Waals surface area contributed by atoms with Crippen molar-refractivity contribution in [3.63, 3.8) is 0 Å². The van der Waals surface area contributed by atoms with Crippen LogP contribution in [0.4, 0.5) is 9.52 Å². The second-order valence-corrected chi connectivity index (χ2v) is 13.0. The fourth-order valence-corrected chi connectivity index (χ4v) is 7.36. The molecule has 1 fully saturated rings. The summed E-state index contributed by atoms with van der Waals surface area (Å²) in [6.45, 7) is 3.69. The van der Waals surface area contributed by atoms with Crippen LogP contribution < -0.4 is 9.64 Å². The maximum absolute atomic E-state index is 14.2. The molecule has 0 radical (unpaired) electrons. The molecular weight excluding hydrogens is 638 g/mol. The summed E-state index contributed by atoms with van der Waals surface area (Å²) in [6.07, 6.45) is 1.82. The average Bonchev–Trinajstić information content (AvgIpc) is 3.76. The molecule has 47 heavy (non-hydrogen) atoms. The van der Waals surface area contributed by atoms with Gasteiger partial charge in [0.15, 0.2) is 10.1 Å². The van der Waals surface area contributed by atoms with Crippen LogP contribution in [0.25, 0.3) is 11.4 Å². The number of aromatic nitrogens is 4. The maximum Gasteiger partial charge on any atom is 0.301 e. The van der Waals surface area contributed by atoms with Gasteiger partial charge in [-0.15, -0.1) is 10.2 Å². The van der Waals surface area contributed by atoms with Crippen molar-refractivity contribution in [2.24, 2.45) is 0 Å². The number of Topliss-reactive ketones (excluding diaryl/α,β-unsaturated/α-hetero) is 1. The maximum atomic E-state index is 14.2. The van der Waals surface area contributed by atoms with Crippen LogP contribution in [0.2, 0.25) is 0 Å². The highest BCUT2D eigenvalue weighted by Gasteiger charge is 2.49. The molecule has 1 aliphatic rings.